The quantitative estimate of drug-likeness (QED) is 0.298. The maximum Gasteiger partial charge on any atom is 1.00 e. The molecule has 5 nitrogen and oxygen atoms in total. The Morgan fingerprint density at radius 1 is 1.00 bits per heavy atom. The van der Waals surface area contributed by atoms with Crippen LogP contribution in [0.3, 0.4) is 0 Å². The number of alkyl halides is 3. The van der Waals surface area contributed by atoms with Crippen LogP contribution in [0, 0.1) is 17.5 Å². The molecule has 0 atom stereocenters. The molecule has 28 heavy (non-hydrogen) atoms. The summed E-state index contributed by atoms with van der Waals surface area (Å²) in [6.07, 6.45) is 0. The number of amides is 1. The van der Waals surface area contributed by atoms with Crippen molar-refractivity contribution in [2.75, 3.05) is 5.32 Å². The summed E-state index contributed by atoms with van der Waals surface area (Å²) in [7, 11) is -6.09. The molecule has 0 saturated heterocycles. The second-order valence-corrected chi connectivity index (χ2v) is 7.34. The minimum Gasteiger partial charge on any atom is -0.741 e. The summed E-state index contributed by atoms with van der Waals surface area (Å²) in [6, 6.07) is 22.6. The van der Waals surface area contributed by atoms with Crippen LogP contribution in [0.5, 0.6) is 0 Å². The summed E-state index contributed by atoms with van der Waals surface area (Å²) in [5.41, 5.74) is -5.20. The van der Waals surface area contributed by atoms with Crippen molar-refractivity contribution in [1.29, 1.82) is 0 Å². The van der Waals surface area contributed by atoms with E-state index in [0.717, 1.165) is 5.69 Å². The number of rotatable bonds is 1. The molecule has 0 aliphatic carbocycles. The molecule has 0 saturated carbocycles. The number of carbonyl (C=O) groups is 1. The first-order chi connectivity index (χ1) is 12.2. The number of halogens is 3. The van der Waals surface area contributed by atoms with Gasteiger partial charge >= 0.3 is 22.6 Å². The molecule has 0 unspecified atom stereocenters. The van der Waals surface area contributed by atoms with Crippen molar-refractivity contribution in [3.63, 3.8) is 0 Å². The fourth-order valence-electron chi connectivity index (χ4n) is 1.13. The average Bonchev–Trinajstić information content (AvgIpc) is 2.56. The van der Waals surface area contributed by atoms with E-state index < -0.39 is 15.6 Å². The smallest absolute Gasteiger partial charge is 0.741 e. The van der Waals surface area contributed by atoms with E-state index in [1.54, 1.807) is 12.1 Å². The Bertz CT molecular complexity index is 751. The number of anilines is 1. The largest absolute Gasteiger partial charge is 1.00 e. The van der Waals surface area contributed by atoms with E-state index in [0.29, 0.717) is 0 Å². The maximum atomic E-state index is 11.5. The number of benzene rings is 2. The Kier molecular flexibility index (Phi) is 12.7. The van der Waals surface area contributed by atoms with Crippen LogP contribution in [0.15, 0.2) is 54.6 Å². The van der Waals surface area contributed by atoms with Crippen molar-refractivity contribution >= 4 is 21.7 Å². The SMILES string of the molecule is CC(C)(C)C(=O)Nc1c[c-]ccc1.O=S(=O)([O-])C(F)(F)F.[Cu+].[c-]1ccccc1. The molecule has 160 valence electrons. The molecule has 0 fully saturated rings. The Balaban J connectivity index is 0. The zero-order valence-corrected chi connectivity index (χ0v) is 16.9. The molecule has 0 aliphatic rings. The minimum absolute atomic E-state index is 0. The van der Waals surface area contributed by atoms with Crippen LogP contribution in [-0.2, 0) is 32.0 Å². The molecule has 1 N–H and O–H groups in total. The van der Waals surface area contributed by atoms with Gasteiger partial charge < -0.3 is 9.87 Å². The van der Waals surface area contributed by atoms with Gasteiger partial charge in [-0.25, -0.2) is 8.42 Å². The topological polar surface area (TPSA) is 86.3 Å². The fraction of sp³-hybridized carbons (Fsp3) is 0.278. The van der Waals surface area contributed by atoms with E-state index >= 15 is 0 Å². The van der Waals surface area contributed by atoms with Gasteiger partial charge in [-0.2, -0.15) is 73.8 Å². The van der Waals surface area contributed by atoms with Crippen LogP contribution in [0.25, 0.3) is 0 Å². The molecule has 10 heteroatoms. The maximum absolute atomic E-state index is 11.5. The van der Waals surface area contributed by atoms with Crippen molar-refractivity contribution in [2.45, 2.75) is 26.3 Å². The van der Waals surface area contributed by atoms with Crippen molar-refractivity contribution in [2.24, 2.45) is 5.41 Å². The standard InChI is InChI=1S/C11H14NO.C6H5.CHF3O3S.Cu/c1-11(2,3)10(13)12-9-7-5-4-6-8-9;1-2-4-6-5-3-1;2-1(3,4)8(5,6)7;/h4-5,7-8H,1-3H3,(H,12,13);1-5H;(H,5,6,7);/q2*-1;;+1/p-1. The summed E-state index contributed by atoms with van der Waals surface area (Å²) in [5, 5.41) is 2.81. The third-order valence-electron chi connectivity index (χ3n) is 2.54. The Hall–Kier alpha value is -1.87. The summed E-state index contributed by atoms with van der Waals surface area (Å²) >= 11 is 0. The molecule has 0 aromatic heterocycles. The molecular formula is C18H19CuF3NO4S-2. The van der Waals surface area contributed by atoms with E-state index in [1.165, 1.54) is 0 Å². The van der Waals surface area contributed by atoms with Crippen LogP contribution in [0.2, 0.25) is 0 Å². The zero-order chi connectivity index (χ0) is 21.1. The molecule has 2 rings (SSSR count). The van der Waals surface area contributed by atoms with E-state index in [9.17, 15) is 18.0 Å². The number of nitrogens with one attached hydrogen (secondary N) is 1. The second-order valence-electron chi connectivity index (χ2n) is 5.97. The Morgan fingerprint density at radius 2 is 1.46 bits per heavy atom. The normalized spacial score (nSPS) is 10.8. The molecule has 0 aliphatic heterocycles. The van der Waals surface area contributed by atoms with Gasteiger partial charge in [0.1, 0.15) is 0 Å². The first-order valence-electron chi connectivity index (χ1n) is 7.46. The van der Waals surface area contributed by atoms with Crippen LogP contribution in [0.1, 0.15) is 20.8 Å². The van der Waals surface area contributed by atoms with E-state index in [4.69, 9.17) is 13.0 Å². The van der Waals surface area contributed by atoms with Gasteiger partial charge in [0.15, 0.2) is 10.1 Å². The zero-order valence-electron chi connectivity index (χ0n) is 15.2. The summed E-state index contributed by atoms with van der Waals surface area (Å²) in [6.45, 7) is 5.65. The van der Waals surface area contributed by atoms with Crippen LogP contribution >= 0.6 is 0 Å². The van der Waals surface area contributed by atoms with E-state index in [-0.39, 0.29) is 28.4 Å². The summed E-state index contributed by atoms with van der Waals surface area (Å²) in [5.74, 6) is 0.0205. The van der Waals surface area contributed by atoms with Crippen molar-refractivity contribution in [3.8, 4) is 0 Å². The first-order valence-corrected chi connectivity index (χ1v) is 8.87. The molecule has 2 aromatic carbocycles. The van der Waals surface area contributed by atoms with Gasteiger partial charge in [0.05, 0.1) is 0 Å². The molecule has 0 spiro atoms. The van der Waals surface area contributed by atoms with Crippen LogP contribution < -0.4 is 5.32 Å². The van der Waals surface area contributed by atoms with Crippen molar-refractivity contribution in [3.05, 3.63) is 66.7 Å². The van der Waals surface area contributed by atoms with Gasteiger partial charge in [0, 0.05) is 5.41 Å². The monoisotopic (exact) mass is 465 g/mol. The van der Waals surface area contributed by atoms with E-state index in [2.05, 4.69) is 17.4 Å². The molecular weight excluding hydrogens is 447 g/mol. The predicted octanol–water partition coefficient (Wildman–Crippen LogP) is 4.01. The summed E-state index contributed by atoms with van der Waals surface area (Å²) in [4.78, 5) is 11.5. The summed E-state index contributed by atoms with van der Waals surface area (Å²) < 4.78 is 58.9. The molecule has 2 aromatic rings. The molecule has 0 radical (unpaired) electrons. The Morgan fingerprint density at radius 3 is 1.71 bits per heavy atom. The van der Waals surface area contributed by atoms with Gasteiger partial charge in [0.2, 0.25) is 5.91 Å². The minimum atomic E-state index is -6.09. The first kappa shape index (κ1) is 28.3. The third kappa shape index (κ3) is 13.3. The third-order valence-corrected chi connectivity index (χ3v) is 3.10. The molecule has 0 bridgehead atoms. The second kappa shape index (κ2) is 12.6. The fourth-order valence-corrected chi connectivity index (χ4v) is 1.13. The van der Waals surface area contributed by atoms with E-state index in [1.807, 2.05) is 63.2 Å². The molecule has 1 amide bonds. The van der Waals surface area contributed by atoms with Crippen LogP contribution in [0.4, 0.5) is 18.9 Å². The molecule has 0 heterocycles. The van der Waals surface area contributed by atoms with Gasteiger partial charge in [-0.1, -0.05) is 26.5 Å². The van der Waals surface area contributed by atoms with Crippen LogP contribution in [-0.4, -0.2) is 24.4 Å². The number of carbonyl (C=O) groups excluding carboxylic acids is 1. The average molecular weight is 466 g/mol. The van der Waals surface area contributed by atoms with Gasteiger partial charge in [0.25, 0.3) is 0 Å². The number of hydrogen-bond donors (Lipinski definition) is 1. The van der Waals surface area contributed by atoms with Crippen molar-refractivity contribution < 1.29 is 48.0 Å². The number of hydrogen-bond acceptors (Lipinski definition) is 4. The van der Waals surface area contributed by atoms with Gasteiger partial charge in [-0.15, -0.1) is 6.07 Å². The predicted molar refractivity (Wildman–Crippen MR) is 94.4 cm³/mol. The Labute approximate surface area is 173 Å². The van der Waals surface area contributed by atoms with Crippen molar-refractivity contribution in [1.82, 2.24) is 0 Å². The van der Waals surface area contributed by atoms with Gasteiger partial charge in [-0.3, -0.25) is 4.79 Å². The van der Waals surface area contributed by atoms with Gasteiger partial charge in [-0.05, 0) is 0 Å².